The maximum Gasteiger partial charge on any atom is 0.260 e. The molecule has 4 heterocycles. The average Bonchev–Trinajstić information content (AvgIpc) is 3.01. The molecule has 1 aliphatic carbocycles. The first-order valence-electron chi connectivity index (χ1n) is 10.5. The van der Waals surface area contributed by atoms with E-state index >= 15 is 0 Å². The molecule has 0 radical (unpaired) electrons. The lowest BCUT2D eigenvalue weighted by molar-refractivity contribution is -0.137. The number of fused-ring (bicyclic) bond motifs is 2. The van der Waals surface area contributed by atoms with Crippen LogP contribution in [0, 0.1) is 5.92 Å². The van der Waals surface area contributed by atoms with Gasteiger partial charge in [0.15, 0.2) is 0 Å². The summed E-state index contributed by atoms with van der Waals surface area (Å²) < 4.78 is 28.6. The number of nitrogens with zero attached hydrogens (tertiary/aromatic N) is 5. The van der Waals surface area contributed by atoms with Crippen LogP contribution in [-0.2, 0) is 11.3 Å². The maximum atomic E-state index is 13.4. The summed E-state index contributed by atoms with van der Waals surface area (Å²) in [4.78, 5) is 23.2. The van der Waals surface area contributed by atoms with Crippen LogP contribution in [0.1, 0.15) is 44.7 Å². The Labute approximate surface area is 173 Å². The highest BCUT2D eigenvalue weighted by Crippen LogP contribution is 2.51. The normalized spacial score (nSPS) is 26.4. The largest absolute Gasteiger partial charge is 0.332 e. The fourth-order valence-corrected chi connectivity index (χ4v) is 4.53. The molecule has 2 aromatic rings. The number of nitrogens with one attached hydrogen (secondary N) is 1. The van der Waals surface area contributed by atoms with E-state index < -0.39 is 17.7 Å². The highest BCUT2D eigenvalue weighted by atomic mass is 19.3. The Kier molecular flexibility index (Phi) is 4.56. The standard InChI is InChI=1S/C21H24F2N6O/c1-2-7-28-12-14(11-25-28)26-20-24-6-5-18(27-20)13-8-15-3-4-16(9-13)29(15)19(30)17-10-21(17,22)23/h5-6,8,11-12,15-17H,2-4,7,9-10H2,1H3,(H,24,26,27)/t15?,16?,17-/m0/s1. The smallest absolute Gasteiger partial charge is 0.260 e. The zero-order chi connectivity index (χ0) is 20.9. The molecule has 2 aliphatic heterocycles. The summed E-state index contributed by atoms with van der Waals surface area (Å²) >= 11 is 0. The molecule has 0 spiro atoms. The van der Waals surface area contributed by atoms with Crippen LogP contribution in [-0.4, -0.2) is 48.6 Å². The summed E-state index contributed by atoms with van der Waals surface area (Å²) in [7, 11) is 0. The van der Waals surface area contributed by atoms with Crippen molar-refractivity contribution in [1.29, 1.82) is 0 Å². The fourth-order valence-electron chi connectivity index (χ4n) is 4.53. The van der Waals surface area contributed by atoms with Crippen molar-refractivity contribution in [3.05, 3.63) is 36.4 Å². The van der Waals surface area contributed by atoms with Crippen LogP contribution < -0.4 is 5.32 Å². The molecule has 30 heavy (non-hydrogen) atoms. The fraction of sp³-hybridized carbons (Fsp3) is 0.524. The van der Waals surface area contributed by atoms with Crippen molar-refractivity contribution in [2.24, 2.45) is 5.92 Å². The second kappa shape index (κ2) is 7.14. The van der Waals surface area contributed by atoms with Crippen LogP contribution in [0.5, 0.6) is 0 Å². The van der Waals surface area contributed by atoms with Crippen LogP contribution >= 0.6 is 0 Å². The number of rotatable bonds is 6. The van der Waals surface area contributed by atoms with E-state index in [4.69, 9.17) is 0 Å². The van der Waals surface area contributed by atoms with Gasteiger partial charge in [-0.25, -0.2) is 18.7 Å². The van der Waals surface area contributed by atoms with E-state index in [1.165, 1.54) is 0 Å². The molecule has 3 atom stereocenters. The molecule has 0 aromatic carbocycles. The first-order valence-corrected chi connectivity index (χ1v) is 10.5. The van der Waals surface area contributed by atoms with Gasteiger partial charge in [-0.3, -0.25) is 9.48 Å². The zero-order valence-corrected chi connectivity index (χ0v) is 16.8. The summed E-state index contributed by atoms with van der Waals surface area (Å²) in [6, 6.07) is 1.70. The summed E-state index contributed by atoms with van der Waals surface area (Å²) in [6.45, 7) is 2.94. The van der Waals surface area contributed by atoms with Crippen LogP contribution in [0.25, 0.3) is 5.57 Å². The minimum Gasteiger partial charge on any atom is -0.332 e. The number of amides is 1. The molecular weight excluding hydrogens is 390 g/mol. The zero-order valence-electron chi connectivity index (χ0n) is 16.8. The van der Waals surface area contributed by atoms with E-state index in [0.717, 1.165) is 42.8 Å². The number of aryl methyl sites for hydroxylation is 1. The number of carbonyl (C=O) groups excluding carboxylic acids is 1. The topological polar surface area (TPSA) is 75.9 Å². The Morgan fingerprint density at radius 2 is 2.20 bits per heavy atom. The molecule has 3 aliphatic rings. The van der Waals surface area contributed by atoms with E-state index in [0.29, 0.717) is 12.4 Å². The Morgan fingerprint density at radius 1 is 1.37 bits per heavy atom. The minimum absolute atomic E-state index is 0.0300. The third-order valence-corrected chi connectivity index (χ3v) is 6.10. The molecule has 1 N–H and O–H groups in total. The first kappa shape index (κ1) is 19.1. The summed E-state index contributed by atoms with van der Waals surface area (Å²) in [6.07, 6.45) is 10.3. The lowest BCUT2D eigenvalue weighted by Crippen LogP contribution is -2.44. The van der Waals surface area contributed by atoms with Crippen molar-refractivity contribution < 1.29 is 13.6 Å². The lowest BCUT2D eigenvalue weighted by Gasteiger charge is -2.34. The maximum absolute atomic E-state index is 13.4. The van der Waals surface area contributed by atoms with Crippen molar-refractivity contribution in [1.82, 2.24) is 24.6 Å². The molecule has 2 bridgehead atoms. The average molecular weight is 414 g/mol. The number of alkyl halides is 2. The van der Waals surface area contributed by atoms with Gasteiger partial charge in [-0.1, -0.05) is 13.0 Å². The molecule has 2 fully saturated rings. The molecule has 5 rings (SSSR count). The highest BCUT2D eigenvalue weighted by molar-refractivity contribution is 5.85. The second-order valence-electron chi connectivity index (χ2n) is 8.34. The Morgan fingerprint density at radius 3 is 2.93 bits per heavy atom. The minimum atomic E-state index is -2.82. The van der Waals surface area contributed by atoms with Gasteiger partial charge in [-0.15, -0.1) is 0 Å². The second-order valence-corrected chi connectivity index (χ2v) is 8.34. The summed E-state index contributed by atoms with van der Waals surface area (Å²) in [5.41, 5.74) is 2.66. The predicted molar refractivity (Wildman–Crippen MR) is 107 cm³/mol. The third-order valence-electron chi connectivity index (χ3n) is 6.10. The number of carbonyl (C=O) groups is 1. The molecule has 9 heteroatoms. The molecule has 2 aromatic heterocycles. The molecule has 1 saturated carbocycles. The van der Waals surface area contributed by atoms with Gasteiger partial charge in [0, 0.05) is 31.4 Å². The number of halogens is 2. The summed E-state index contributed by atoms with van der Waals surface area (Å²) in [5, 5.41) is 7.47. The molecule has 1 saturated heterocycles. The first-order chi connectivity index (χ1) is 14.4. The van der Waals surface area contributed by atoms with E-state index in [9.17, 15) is 13.6 Å². The Bertz CT molecular complexity index is 1000. The van der Waals surface area contributed by atoms with E-state index in [1.807, 2.05) is 23.0 Å². The van der Waals surface area contributed by atoms with Gasteiger partial charge in [-0.2, -0.15) is 5.10 Å². The Hall–Kier alpha value is -2.84. The Balaban J connectivity index is 1.32. The third kappa shape index (κ3) is 3.46. The van der Waals surface area contributed by atoms with E-state index in [-0.39, 0.29) is 18.5 Å². The van der Waals surface area contributed by atoms with Gasteiger partial charge >= 0.3 is 0 Å². The SMILES string of the molecule is CCCn1cc(Nc2nccc(C3=CC4CCC(C3)N4C(=O)[C@@H]3CC3(F)F)n2)cn1. The van der Waals surface area contributed by atoms with E-state index in [2.05, 4.69) is 27.3 Å². The van der Waals surface area contributed by atoms with Crippen LogP contribution in [0.2, 0.25) is 0 Å². The quantitative estimate of drug-likeness (QED) is 0.781. The van der Waals surface area contributed by atoms with Crippen LogP contribution in [0.15, 0.2) is 30.7 Å². The molecular formula is C21H24F2N6O. The van der Waals surface area contributed by atoms with Crippen molar-refractivity contribution in [3.8, 4) is 0 Å². The monoisotopic (exact) mass is 414 g/mol. The summed E-state index contributed by atoms with van der Waals surface area (Å²) in [5.74, 6) is -3.86. The molecule has 7 nitrogen and oxygen atoms in total. The van der Waals surface area contributed by atoms with Gasteiger partial charge < -0.3 is 10.2 Å². The van der Waals surface area contributed by atoms with Gasteiger partial charge in [0.2, 0.25) is 11.9 Å². The number of hydrogen-bond donors (Lipinski definition) is 1. The van der Waals surface area contributed by atoms with Crippen molar-refractivity contribution in [2.75, 3.05) is 5.32 Å². The molecule has 2 unspecified atom stereocenters. The molecule has 158 valence electrons. The van der Waals surface area contributed by atoms with E-state index in [1.54, 1.807) is 17.3 Å². The number of anilines is 2. The van der Waals surface area contributed by atoms with Crippen molar-refractivity contribution in [2.45, 2.75) is 63.6 Å². The van der Waals surface area contributed by atoms with Crippen molar-refractivity contribution >= 4 is 23.1 Å². The predicted octanol–water partition coefficient (Wildman–Crippen LogP) is 3.63. The van der Waals surface area contributed by atoms with Gasteiger partial charge in [0.1, 0.15) is 5.92 Å². The van der Waals surface area contributed by atoms with Crippen LogP contribution in [0.4, 0.5) is 20.4 Å². The highest BCUT2D eigenvalue weighted by Gasteiger charge is 2.63. The van der Waals surface area contributed by atoms with Gasteiger partial charge in [0.25, 0.3) is 5.92 Å². The van der Waals surface area contributed by atoms with Gasteiger partial charge in [0.05, 0.1) is 23.6 Å². The molecule has 1 amide bonds. The van der Waals surface area contributed by atoms with Crippen LogP contribution in [0.3, 0.4) is 0 Å². The number of hydrogen-bond acceptors (Lipinski definition) is 5. The van der Waals surface area contributed by atoms with Gasteiger partial charge in [-0.05, 0) is 37.3 Å². The lowest BCUT2D eigenvalue weighted by atomic mass is 9.98. The van der Waals surface area contributed by atoms with Crippen molar-refractivity contribution in [3.63, 3.8) is 0 Å². The number of aromatic nitrogens is 4.